The van der Waals surface area contributed by atoms with Crippen LogP contribution in [0.4, 0.5) is 0 Å². The highest BCUT2D eigenvalue weighted by Gasteiger charge is 2.27. The lowest BCUT2D eigenvalue weighted by atomic mass is 10.2. The Bertz CT molecular complexity index is 1410. The highest BCUT2D eigenvalue weighted by Crippen LogP contribution is 2.35. The third-order valence-corrected chi connectivity index (χ3v) is 6.44. The summed E-state index contributed by atoms with van der Waals surface area (Å²) in [5, 5.41) is 4.40. The number of rotatable bonds is 8. The molecule has 9 heteroatoms. The van der Waals surface area contributed by atoms with Crippen LogP contribution in [0.3, 0.4) is 0 Å². The van der Waals surface area contributed by atoms with Crippen LogP contribution < -0.4 is 29.0 Å². The molecular formula is C25H25N3O5S. The summed E-state index contributed by atoms with van der Waals surface area (Å²) in [7, 11) is 1.61. The number of fused-ring (bicyclic) bond motifs is 2. The summed E-state index contributed by atoms with van der Waals surface area (Å²) in [6.45, 7) is 3.09. The van der Waals surface area contributed by atoms with Crippen LogP contribution in [0.5, 0.6) is 23.0 Å². The van der Waals surface area contributed by atoms with E-state index in [1.165, 1.54) is 15.9 Å². The van der Waals surface area contributed by atoms with Gasteiger partial charge >= 0.3 is 0 Å². The van der Waals surface area contributed by atoms with E-state index in [-0.39, 0.29) is 12.2 Å². The van der Waals surface area contributed by atoms with Gasteiger partial charge in [-0.1, -0.05) is 49.3 Å². The third kappa shape index (κ3) is 4.43. The average molecular weight is 480 g/mol. The van der Waals surface area contributed by atoms with Gasteiger partial charge in [-0.3, -0.25) is 4.79 Å². The standard InChI is InChI=1S/C25H25N3O5S/c1-3-4-7-12-31-18-11-10-16(13-20(18)30-2)14-22-24(29)28-25(34-22)26-23(27-28)21-15-32-17-8-5-6-9-19(17)33-21/h5-6,8-11,13-14,21H,3-4,7,12,15H2,1-2H3/b22-14-/t21-/m1/s1. The number of para-hydroxylation sites is 2. The summed E-state index contributed by atoms with van der Waals surface area (Å²) >= 11 is 1.28. The summed E-state index contributed by atoms with van der Waals surface area (Å²) in [6.07, 6.45) is 4.61. The normalized spacial score (nSPS) is 15.6. The Labute approximate surface area is 200 Å². The molecule has 0 aliphatic carbocycles. The molecule has 0 N–H and O–H groups in total. The Hall–Kier alpha value is -3.59. The van der Waals surface area contributed by atoms with Gasteiger partial charge in [0.15, 0.2) is 34.9 Å². The molecule has 0 saturated carbocycles. The van der Waals surface area contributed by atoms with Crippen molar-refractivity contribution < 1.29 is 18.9 Å². The lowest BCUT2D eigenvalue weighted by Crippen LogP contribution is -2.26. The molecule has 1 atom stereocenters. The number of unbranched alkanes of at least 4 members (excludes halogenated alkanes) is 2. The van der Waals surface area contributed by atoms with E-state index < -0.39 is 6.10 Å². The molecule has 2 aromatic heterocycles. The summed E-state index contributed by atoms with van der Waals surface area (Å²) in [5.74, 6) is 3.08. The second-order valence-corrected chi connectivity index (χ2v) is 8.92. The lowest BCUT2D eigenvalue weighted by Gasteiger charge is -2.24. The maximum atomic E-state index is 13.0. The molecule has 0 spiro atoms. The monoisotopic (exact) mass is 479 g/mol. The van der Waals surface area contributed by atoms with Gasteiger partial charge in [-0.15, -0.1) is 5.10 Å². The topological polar surface area (TPSA) is 84.2 Å². The first kappa shape index (κ1) is 22.2. The number of benzene rings is 2. The van der Waals surface area contributed by atoms with E-state index in [0.717, 1.165) is 24.8 Å². The molecule has 0 unspecified atom stereocenters. The van der Waals surface area contributed by atoms with Gasteiger partial charge in [-0.2, -0.15) is 9.50 Å². The summed E-state index contributed by atoms with van der Waals surface area (Å²) in [4.78, 5) is 18.0. The number of ether oxygens (including phenoxy) is 4. The van der Waals surface area contributed by atoms with Gasteiger partial charge in [0.05, 0.1) is 18.2 Å². The fraction of sp³-hybridized carbons (Fsp3) is 0.320. The zero-order valence-corrected chi connectivity index (χ0v) is 19.8. The van der Waals surface area contributed by atoms with E-state index >= 15 is 0 Å². The van der Waals surface area contributed by atoms with Crippen molar-refractivity contribution in [2.45, 2.75) is 32.3 Å². The number of thiazole rings is 1. The summed E-state index contributed by atoms with van der Waals surface area (Å²) < 4.78 is 24.9. The second kappa shape index (κ2) is 9.72. The highest BCUT2D eigenvalue weighted by atomic mass is 32.1. The quantitative estimate of drug-likeness (QED) is 0.356. The van der Waals surface area contributed by atoms with Gasteiger partial charge in [0.25, 0.3) is 5.56 Å². The van der Waals surface area contributed by atoms with Crippen molar-refractivity contribution in [3.05, 3.63) is 68.7 Å². The number of aromatic nitrogens is 3. The van der Waals surface area contributed by atoms with Crippen LogP contribution in [-0.2, 0) is 0 Å². The van der Waals surface area contributed by atoms with Gasteiger partial charge in [-0.25, -0.2) is 0 Å². The van der Waals surface area contributed by atoms with E-state index in [1.807, 2.05) is 48.5 Å². The van der Waals surface area contributed by atoms with Crippen molar-refractivity contribution in [2.75, 3.05) is 20.3 Å². The molecule has 5 rings (SSSR count). The molecular weight excluding hydrogens is 454 g/mol. The molecule has 8 nitrogen and oxygen atoms in total. The van der Waals surface area contributed by atoms with Crippen molar-refractivity contribution in [3.8, 4) is 23.0 Å². The fourth-order valence-corrected chi connectivity index (χ4v) is 4.63. The fourth-order valence-electron chi connectivity index (χ4n) is 3.71. The predicted octanol–water partition coefficient (Wildman–Crippen LogP) is 3.79. The van der Waals surface area contributed by atoms with Gasteiger partial charge in [0, 0.05) is 0 Å². The van der Waals surface area contributed by atoms with Crippen LogP contribution in [0.1, 0.15) is 43.7 Å². The van der Waals surface area contributed by atoms with Crippen molar-refractivity contribution in [3.63, 3.8) is 0 Å². The Kier molecular flexibility index (Phi) is 6.35. The number of nitrogens with zero attached hydrogens (tertiary/aromatic N) is 3. The molecule has 0 fully saturated rings. The Balaban J connectivity index is 1.37. The van der Waals surface area contributed by atoms with E-state index in [2.05, 4.69) is 17.0 Å². The molecule has 0 bridgehead atoms. The van der Waals surface area contributed by atoms with Crippen LogP contribution >= 0.6 is 11.3 Å². The summed E-state index contributed by atoms with van der Waals surface area (Å²) in [6, 6.07) is 13.1. The second-order valence-electron chi connectivity index (χ2n) is 7.91. The van der Waals surface area contributed by atoms with Crippen LogP contribution in [0.2, 0.25) is 0 Å². The first-order valence-corrected chi connectivity index (χ1v) is 12.1. The minimum Gasteiger partial charge on any atom is -0.493 e. The predicted molar refractivity (Wildman–Crippen MR) is 129 cm³/mol. The molecule has 0 amide bonds. The van der Waals surface area contributed by atoms with Crippen LogP contribution in [-0.4, -0.2) is 34.9 Å². The molecule has 4 aromatic rings. The molecule has 3 heterocycles. The van der Waals surface area contributed by atoms with Crippen molar-refractivity contribution >= 4 is 22.4 Å². The number of hydrogen-bond donors (Lipinski definition) is 0. The van der Waals surface area contributed by atoms with E-state index in [9.17, 15) is 4.79 Å². The van der Waals surface area contributed by atoms with E-state index in [1.54, 1.807) is 7.11 Å². The minimum absolute atomic E-state index is 0.227. The minimum atomic E-state index is -0.469. The Morgan fingerprint density at radius 3 is 2.82 bits per heavy atom. The van der Waals surface area contributed by atoms with Gasteiger partial charge < -0.3 is 18.9 Å². The zero-order chi connectivity index (χ0) is 23.5. The molecule has 176 valence electrons. The largest absolute Gasteiger partial charge is 0.493 e. The zero-order valence-electron chi connectivity index (χ0n) is 19.0. The smallest absolute Gasteiger partial charge is 0.291 e. The van der Waals surface area contributed by atoms with E-state index in [4.69, 9.17) is 18.9 Å². The first-order chi connectivity index (χ1) is 16.7. The van der Waals surface area contributed by atoms with E-state index in [0.29, 0.717) is 44.9 Å². The SMILES string of the molecule is CCCCCOc1ccc(/C=c2\sc3nc([C@H]4COc5ccccc5O4)nn3c2=O)cc1OC. The summed E-state index contributed by atoms with van der Waals surface area (Å²) in [5.41, 5.74) is 0.606. The molecule has 0 saturated heterocycles. The Morgan fingerprint density at radius 2 is 2.03 bits per heavy atom. The molecule has 1 aliphatic heterocycles. The molecule has 0 radical (unpaired) electrons. The van der Waals surface area contributed by atoms with Crippen LogP contribution in [0.15, 0.2) is 47.3 Å². The molecule has 34 heavy (non-hydrogen) atoms. The molecule has 1 aliphatic rings. The number of hydrogen-bond acceptors (Lipinski definition) is 8. The maximum absolute atomic E-state index is 13.0. The van der Waals surface area contributed by atoms with Crippen molar-refractivity contribution in [1.29, 1.82) is 0 Å². The highest BCUT2D eigenvalue weighted by molar-refractivity contribution is 7.15. The van der Waals surface area contributed by atoms with Gasteiger partial charge in [0.2, 0.25) is 4.96 Å². The van der Waals surface area contributed by atoms with Crippen LogP contribution in [0.25, 0.3) is 11.0 Å². The van der Waals surface area contributed by atoms with Crippen LogP contribution in [0, 0.1) is 0 Å². The van der Waals surface area contributed by atoms with Crippen molar-refractivity contribution in [2.24, 2.45) is 0 Å². The number of methoxy groups -OCH3 is 1. The Morgan fingerprint density at radius 1 is 1.18 bits per heavy atom. The maximum Gasteiger partial charge on any atom is 0.291 e. The van der Waals surface area contributed by atoms with Gasteiger partial charge in [0.1, 0.15) is 6.61 Å². The average Bonchev–Trinajstić information content (AvgIpc) is 3.41. The van der Waals surface area contributed by atoms with Gasteiger partial charge in [-0.05, 0) is 42.3 Å². The lowest BCUT2D eigenvalue weighted by molar-refractivity contribution is 0.0852. The molecule has 2 aromatic carbocycles. The first-order valence-electron chi connectivity index (χ1n) is 11.3. The third-order valence-electron chi connectivity index (χ3n) is 5.49. The van der Waals surface area contributed by atoms with Crippen molar-refractivity contribution in [1.82, 2.24) is 14.6 Å².